The monoisotopic (exact) mass is 272 g/mol. The highest BCUT2D eigenvalue weighted by Crippen LogP contribution is 2.15. The first-order valence-corrected chi connectivity index (χ1v) is 6.64. The fraction of sp³-hybridized carbons (Fsp3) is 0.833. The van der Waals surface area contributed by atoms with Gasteiger partial charge in [-0.2, -0.15) is 0 Å². The molecule has 19 heavy (non-hydrogen) atoms. The molecule has 2 unspecified atom stereocenters. The summed E-state index contributed by atoms with van der Waals surface area (Å²) in [5.41, 5.74) is 0. The standard InChI is InChI=1S/C12H20N2O5/c15-7-1-3-10(13-5-7)12(18)19-8-2-4-9(11(16)17)14-6-8/h7-10,13-15H,1-6H2,(H,16,17)/t7?,8-,9+,10?/m1/s1. The molecule has 2 saturated heterocycles. The molecule has 0 bridgehead atoms. The molecule has 2 fully saturated rings. The van der Waals surface area contributed by atoms with Crippen LogP contribution in [0.1, 0.15) is 25.7 Å². The molecule has 2 heterocycles. The molecule has 7 heteroatoms. The number of nitrogens with one attached hydrogen (secondary N) is 2. The number of aliphatic carboxylic acids is 1. The van der Waals surface area contributed by atoms with Crippen molar-refractivity contribution >= 4 is 11.9 Å². The summed E-state index contributed by atoms with van der Waals surface area (Å²) in [7, 11) is 0. The van der Waals surface area contributed by atoms with E-state index in [1.807, 2.05) is 0 Å². The largest absolute Gasteiger partial charge is 0.480 e. The van der Waals surface area contributed by atoms with Crippen molar-refractivity contribution in [3.63, 3.8) is 0 Å². The summed E-state index contributed by atoms with van der Waals surface area (Å²) in [5.74, 6) is -1.18. The van der Waals surface area contributed by atoms with Crippen LogP contribution in [0.15, 0.2) is 0 Å². The average Bonchev–Trinajstić information content (AvgIpc) is 2.40. The van der Waals surface area contributed by atoms with Gasteiger partial charge in [-0.25, -0.2) is 0 Å². The highest BCUT2D eigenvalue weighted by molar-refractivity contribution is 5.76. The summed E-state index contributed by atoms with van der Waals surface area (Å²) in [6.45, 7) is 0.780. The Morgan fingerprint density at radius 3 is 2.21 bits per heavy atom. The second-order valence-corrected chi connectivity index (χ2v) is 5.13. The van der Waals surface area contributed by atoms with E-state index < -0.39 is 18.1 Å². The number of carbonyl (C=O) groups is 2. The maximum atomic E-state index is 11.9. The van der Waals surface area contributed by atoms with Crippen molar-refractivity contribution in [1.29, 1.82) is 0 Å². The number of carboxylic acid groups (broad SMARTS) is 1. The quantitative estimate of drug-likeness (QED) is 0.480. The molecule has 7 nitrogen and oxygen atoms in total. The third-order valence-corrected chi connectivity index (χ3v) is 3.62. The SMILES string of the molecule is O=C(O[C@@H]1CC[C@@H](C(=O)O)NC1)C1CCC(O)CN1. The number of hydrogen-bond donors (Lipinski definition) is 4. The smallest absolute Gasteiger partial charge is 0.323 e. The molecule has 0 radical (unpaired) electrons. The first-order valence-electron chi connectivity index (χ1n) is 6.64. The van der Waals surface area contributed by atoms with Gasteiger partial charge >= 0.3 is 11.9 Å². The van der Waals surface area contributed by atoms with Crippen molar-refractivity contribution in [2.45, 2.75) is 50.0 Å². The summed E-state index contributed by atoms with van der Waals surface area (Å²) in [6.07, 6.45) is 1.53. The van der Waals surface area contributed by atoms with E-state index in [1.165, 1.54) is 0 Å². The highest BCUT2D eigenvalue weighted by Gasteiger charge is 2.31. The zero-order valence-corrected chi connectivity index (χ0v) is 10.7. The van der Waals surface area contributed by atoms with Gasteiger partial charge in [0.05, 0.1) is 6.10 Å². The molecule has 0 aromatic carbocycles. The Labute approximate surface area is 111 Å². The molecule has 0 amide bonds. The number of aliphatic hydroxyl groups is 1. The minimum Gasteiger partial charge on any atom is -0.480 e. The topological polar surface area (TPSA) is 108 Å². The Bertz CT molecular complexity index is 333. The zero-order valence-electron chi connectivity index (χ0n) is 10.7. The van der Waals surface area contributed by atoms with Crippen molar-refractivity contribution in [2.24, 2.45) is 0 Å². The fourth-order valence-electron chi connectivity index (χ4n) is 2.43. The second kappa shape index (κ2) is 6.31. The number of esters is 1. The fourth-order valence-corrected chi connectivity index (χ4v) is 2.43. The van der Waals surface area contributed by atoms with Crippen LogP contribution in [0.3, 0.4) is 0 Å². The van der Waals surface area contributed by atoms with E-state index in [0.29, 0.717) is 38.8 Å². The molecule has 2 rings (SSSR count). The highest BCUT2D eigenvalue weighted by atomic mass is 16.5. The van der Waals surface area contributed by atoms with Gasteiger partial charge in [0.15, 0.2) is 0 Å². The molecule has 2 aliphatic heterocycles. The van der Waals surface area contributed by atoms with Crippen LogP contribution in [0.2, 0.25) is 0 Å². The van der Waals surface area contributed by atoms with E-state index in [1.54, 1.807) is 0 Å². The third kappa shape index (κ3) is 3.89. The van der Waals surface area contributed by atoms with Gasteiger partial charge in [0.25, 0.3) is 0 Å². The van der Waals surface area contributed by atoms with Crippen molar-refractivity contribution in [1.82, 2.24) is 10.6 Å². The van der Waals surface area contributed by atoms with Crippen LogP contribution in [-0.4, -0.2) is 59.5 Å². The lowest BCUT2D eigenvalue weighted by atomic mass is 10.0. The molecule has 0 aromatic heterocycles. The number of β-amino-alcohol motifs (C(OH)–C–C–N with tert-alkyl or cyclic N) is 1. The number of ether oxygens (including phenoxy) is 1. The molecule has 4 atom stereocenters. The summed E-state index contributed by atoms with van der Waals surface area (Å²) < 4.78 is 5.36. The minimum atomic E-state index is -0.868. The third-order valence-electron chi connectivity index (χ3n) is 3.62. The van der Waals surface area contributed by atoms with Crippen LogP contribution in [0.25, 0.3) is 0 Å². The van der Waals surface area contributed by atoms with Gasteiger partial charge in [-0.1, -0.05) is 0 Å². The number of piperidine rings is 2. The Balaban J connectivity index is 1.73. The maximum Gasteiger partial charge on any atom is 0.323 e. The molecule has 0 aliphatic carbocycles. The first-order chi connectivity index (χ1) is 9.06. The summed E-state index contributed by atoms with van der Waals surface area (Å²) in [4.78, 5) is 22.6. The van der Waals surface area contributed by atoms with E-state index in [0.717, 1.165) is 0 Å². The predicted octanol–water partition coefficient (Wildman–Crippen LogP) is -1.15. The summed E-state index contributed by atoms with van der Waals surface area (Å²) in [5, 5.41) is 24.0. The van der Waals surface area contributed by atoms with Crippen LogP contribution in [-0.2, 0) is 14.3 Å². The first kappa shape index (κ1) is 14.2. The van der Waals surface area contributed by atoms with E-state index in [4.69, 9.17) is 9.84 Å². The van der Waals surface area contributed by atoms with Crippen LogP contribution in [0.5, 0.6) is 0 Å². The summed E-state index contributed by atoms with van der Waals surface area (Å²) in [6, 6.07) is -0.904. The van der Waals surface area contributed by atoms with Gasteiger partial charge in [0.2, 0.25) is 0 Å². The molecule has 0 saturated carbocycles. The molecule has 2 aliphatic rings. The number of aliphatic hydroxyl groups excluding tert-OH is 1. The second-order valence-electron chi connectivity index (χ2n) is 5.13. The zero-order chi connectivity index (χ0) is 13.8. The van der Waals surface area contributed by atoms with Crippen LogP contribution >= 0.6 is 0 Å². The Kier molecular flexibility index (Phi) is 4.73. The van der Waals surface area contributed by atoms with Gasteiger partial charge in [-0.3, -0.25) is 9.59 Å². The normalized spacial score (nSPS) is 35.6. The van der Waals surface area contributed by atoms with E-state index >= 15 is 0 Å². The summed E-state index contributed by atoms with van der Waals surface area (Å²) >= 11 is 0. The molecule has 4 N–H and O–H groups in total. The van der Waals surface area contributed by atoms with Gasteiger partial charge in [0.1, 0.15) is 18.2 Å². The number of carboxylic acids is 1. The Morgan fingerprint density at radius 1 is 1.00 bits per heavy atom. The Morgan fingerprint density at radius 2 is 1.68 bits per heavy atom. The predicted molar refractivity (Wildman–Crippen MR) is 65.6 cm³/mol. The number of rotatable bonds is 3. The van der Waals surface area contributed by atoms with Gasteiger partial charge in [0, 0.05) is 13.1 Å². The van der Waals surface area contributed by atoms with E-state index in [2.05, 4.69) is 10.6 Å². The number of carbonyl (C=O) groups excluding carboxylic acids is 1. The van der Waals surface area contributed by atoms with Crippen molar-refractivity contribution in [3.05, 3.63) is 0 Å². The van der Waals surface area contributed by atoms with Crippen LogP contribution in [0, 0.1) is 0 Å². The van der Waals surface area contributed by atoms with Gasteiger partial charge in [-0.15, -0.1) is 0 Å². The molecule has 0 aromatic rings. The Hall–Kier alpha value is -1.18. The molecular formula is C12H20N2O5. The minimum absolute atomic E-state index is 0.267. The number of hydrogen-bond acceptors (Lipinski definition) is 6. The molecule has 0 spiro atoms. The lowest BCUT2D eigenvalue weighted by molar-refractivity contribution is -0.154. The molecular weight excluding hydrogens is 252 g/mol. The van der Waals surface area contributed by atoms with Crippen LogP contribution in [0.4, 0.5) is 0 Å². The average molecular weight is 272 g/mol. The van der Waals surface area contributed by atoms with Crippen molar-refractivity contribution in [2.75, 3.05) is 13.1 Å². The molecule has 108 valence electrons. The lowest BCUT2D eigenvalue weighted by Gasteiger charge is -2.30. The van der Waals surface area contributed by atoms with E-state index in [-0.39, 0.29) is 18.1 Å². The van der Waals surface area contributed by atoms with Crippen molar-refractivity contribution < 1.29 is 24.5 Å². The lowest BCUT2D eigenvalue weighted by Crippen LogP contribution is -2.50. The maximum absolute atomic E-state index is 11.9. The van der Waals surface area contributed by atoms with Crippen molar-refractivity contribution in [3.8, 4) is 0 Å². The van der Waals surface area contributed by atoms with Gasteiger partial charge < -0.3 is 25.6 Å². The van der Waals surface area contributed by atoms with E-state index in [9.17, 15) is 14.7 Å². The van der Waals surface area contributed by atoms with Crippen LogP contribution < -0.4 is 10.6 Å². The van der Waals surface area contributed by atoms with Gasteiger partial charge in [-0.05, 0) is 25.7 Å².